The van der Waals surface area contributed by atoms with Gasteiger partial charge in [0.2, 0.25) is 0 Å². The molecular weight excluding hydrogens is 462 g/mol. The van der Waals surface area contributed by atoms with Crippen molar-refractivity contribution in [1.82, 2.24) is 5.32 Å². The fourth-order valence-corrected chi connectivity index (χ4v) is 9.11. The first-order chi connectivity index (χ1) is 16.3. The lowest BCUT2D eigenvalue weighted by Crippen LogP contribution is -2.68. The highest BCUT2D eigenvalue weighted by Gasteiger charge is 2.51. The van der Waals surface area contributed by atoms with E-state index in [0.717, 1.165) is 10.4 Å². The van der Waals surface area contributed by atoms with Crippen molar-refractivity contribution in [2.45, 2.75) is 76.9 Å². The van der Waals surface area contributed by atoms with Gasteiger partial charge in [-0.15, -0.1) is 0 Å². The van der Waals surface area contributed by atoms with Crippen molar-refractivity contribution < 1.29 is 28.6 Å². The van der Waals surface area contributed by atoms with Gasteiger partial charge in [0.15, 0.2) is 6.10 Å². The summed E-state index contributed by atoms with van der Waals surface area (Å²) >= 11 is 0. The standard InChI is InChI=1S/C27H37NO6Si/c1-26(2,3)34-25(31)28-21-17-23(29)33-22(24(21)30)18-32-35(27(4,5)6,19-13-9-7-10-14-19)20-15-11-8-12-16-20/h7-16,21-22,24,30H,17-18H2,1-6H3,(H,28,31)/t21-,22+,24-/m0/s1. The van der Waals surface area contributed by atoms with Crippen LogP contribution in [0.2, 0.25) is 5.04 Å². The van der Waals surface area contributed by atoms with Crippen molar-refractivity contribution in [2.75, 3.05) is 6.61 Å². The first kappa shape index (κ1) is 26.9. The lowest BCUT2D eigenvalue weighted by Gasteiger charge is -2.44. The lowest BCUT2D eigenvalue weighted by atomic mass is 10.00. The third-order valence-electron chi connectivity index (χ3n) is 6.05. The normalized spacial score (nSPS) is 21.2. The van der Waals surface area contributed by atoms with Gasteiger partial charge in [0, 0.05) is 0 Å². The predicted molar refractivity (Wildman–Crippen MR) is 137 cm³/mol. The molecule has 0 aliphatic carbocycles. The molecule has 3 atom stereocenters. The molecule has 0 bridgehead atoms. The fraction of sp³-hybridized carbons (Fsp3) is 0.481. The number of esters is 1. The monoisotopic (exact) mass is 499 g/mol. The number of amides is 1. The minimum absolute atomic E-state index is 0.00726. The smallest absolute Gasteiger partial charge is 0.407 e. The average molecular weight is 500 g/mol. The molecule has 190 valence electrons. The maximum absolute atomic E-state index is 12.4. The maximum Gasteiger partial charge on any atom is 0.407 e. The van der Waals surface area contributed by atoms with Crippen LogP contribution in [0.1, 0.15) is 48.0 Å². The summed E-state index contributed by atoms with van der Waals surface area (Å²) in [6, 6.07) is 19.3. The van der Waals surface area contributed by atoms with Gasteiger partial charge in [-0.1, -0.05) is 81.4 Å². The van der Waals surface area contributed by atoms with E-state index in [1.54, 1.807) is 20.8 Å². The highest BCUT2D eigenvalue weighted by molar-refractivity contribution is 6.99. The minimum atomic E-state index is -2.89. The van der Waals surface area contributed by atoms with Crippen molar-refractivity contribution in [3.63, 3.8) is 0 Å². The largest absolute Gasteiger partial charge is 0.457 e. The zero-order valence-electron chi connectivity index (χ0n) is 21.4. The molecule has 7 nitrogen and oxygen atoms in total. The van der Waals surface area contributed by atoms with Crippen LogP contribution in [-0.4, -0.2) is 55.9 Å². The van der Waals surface area contributed by atoms with Crippen LogP contribution < -0.4 is 15.7 Å². The molecule has 0 radical (unpaired) electrons. The van der Waals surface area contributed by atoms with Gasteiger partial charge in [-0.2, -0.15) is 0 Å². The van der Waals surface area contributed by atoms with Crippen LogP contribution in [0.15, 0.2) is 60.7 Å². The molecule has 1 heterocycles. The van der Waals surface area contributed by atoms with E-state index < -0.39 is 44.2 Å². The summed E-state index contributed by atoms with van der Waals surface area (Å²) in [5.74, 6) is -0.507. The molecule has 1 aliphatic rings. The van der Waals surface area contributed by atoms with Crippen molar-refractivity contribution >= 4 is 30.8 Å². The van der Waals surface area contributed by atoms with E-state index in [-0.39, 0.29) is 18.1 Å². The Bertz CT molecular complexity index is 960. The Balaban J connectivity index is 1.89. The van der Waals surface area contributed by atoms with Crippen LogP contribution in [0.5, 0.6) is 0 Å². The van der Waals surface area contributed by atoms with Crippen molar-refractivity contribution in [3.8, 4) is 0 Å². The molecule has 0 saturated carbocycles. The van der Waals surface area contributed by atoms with Crippen LogP contribution in [0, 0.1) is 0 Å². The third kappa shape index (κ3) is 6.31. The van der Waals surface area contributed by atoms with E-state index in [0.29, 0.717) is 0 Å². The van der Waals surface area contributed by atoms with Crippen molar-refractivity contribution in [2.24, 2.45) is 0 Å². The minimum Gasteiger partial charge on any atom is -0.457 e. The Kier molecular flexibility index (Phi) is 8.09. The summed E-state index contributed by atoms with van der Waals surface area (Å²) in [6.45, 7) is 11.7. The fourth-order valence-electron chi connectivity index (χ4n) is 4.54. The SMILES string of the molecule is CC(C)(C)OC(=O)N[C@H]1CC(=O)O[C@H](CO[Si](c2ccccc2)(c2ccccc2)C(C)(C)C)[C@H]1O. The van der Waals surface area contributed by atoms with E-state index in [4.69, 9.17) is 13.9 Å². The van der Waals surface area contributed by atoms with E-state index in [1.165, 1.54) is 0 Å². The number of cyclic esters (lactones) is 1. The van der Waals surface area contributed by atoms with E-state index >= 15 is 0 Å². The Morgan fingerprint density at radius 3 is 1.97 bits per heavy atom. The quantitative estimate of drug-likeness (QED) is 0.469. The van der Waals surface area contributed by atoms with Crippen LogP contribution in [0.3, 0.4) is 0 Å². The van der Waals surface area contributed by atoms with Gasteiger partial charge in [-0.3, -0.25) is 4.79 Å². The molecule has 35 heavy (non-hydrogen) atoms. The van der Waals surface area contributed by atoms with Gasteiger partial charge in [-0.25, -0.2) is 4.79 Å². The second kappa shape index (κ2) is 10.5. The first-order valence-electron chi connectivity index (χ1n) is 12.0. The number of aliphatic hydroxyl groups excluding tert-OH is 1. The van der Waals surface area contributed by atoms with E-state index in [1.807, 2.05) is 36.4 Å². The molecule has 1 amide bonds. The van der Waals surface area contributed by atoms with Gasteiger partial charge in [0.1, 0.15) is 11.7 Å². The summed E-state index contributed by atoms with van der Waals surface area (Å²) in [5, 5.41) is 15.5. The average Bonchev–Trinajstić information content (AvgIpc) is 2.76. The molecule has 0 aromatic heterocycles. The Hall–Kier alpha value is -2.68. The summed E-state index contributed by atoms with van der Waals surface area (Å²) in [7, 11) is -2.89. The van der Waals surface area contributed by atoms with E-state index in [2.05, 4.69) is 50.4 Å². The zero-order valence-corrected chi connectivity index (χ0v) is 22.4. The van der Waals surface area contributed by atoms with Crippen molar-refractivity contribution in [1.29, 1.82) is 0 Å². The summed E-state index contributed by atoms with van der Waals surface area (Å²) in [4.78, 5) is 24.7. The Morgan fingerprint density at radius 1 is 1.00 bits per heavy atom. The van der Waals surface area contributed by atoms with Gasteiger partial charge in [0.25, 0.3) is 8.32 Å². The van der Waals surface area contributed by atoms with Gasteiger partial charge < -0.3 is 24.3 Å². The molecule has 2 aromatic carbocycles. The number of rotatable bonds is 6. The molecular formula is C27H37NO6Si. The van der Waals surface area contributed by atoms with Gasteiger partial charge in [-0.05, 0) is 36.2 Å². The number of hydrogen-bond donors (Lipinski definition) is 2. The highest BCUT2D eigenvalue weighted by atomic mass is 28.4. The number of alkyl carbamates (subject to hydrolysis) is 1. The Morgan fingerprint density at radius 2 is 1.51 bits per heavy atom. The lowest BCUT2D eigenvalue weighted by molar-refractivity contribution is -0.170. The summed E-state index contributed by atoms with van der Waals surface area (Å²) in [6.07, 6.45) is -2.91. The molecule has 1 fully saturated rings. The topological polar surface area (TPSA) is 94.1 Å². The maximum atomic E-state index is 12.4. The van der Waals surface area contributed by atoms with Gasteiger partial charge in [0.05, 0.1) is 19.1 Å². The zero-order chi connectivity index (χ0) is 25.9. The van der Waals surface area contributed by atoms with Crippen LogP contribution >= 0.6 is 0 Å². The van der Waals surface area contributed by atoms with Crippen molar-refractivity contribution in [3.05, 3.63) is 60.7 Å². The Labute approximate surface area is 208 Å². The molecule has 2 aromatic rings. The highest BCUT2D eigenvalue weighted by Crippen LogP contribution is 2.37. The molecule has 1 saturated heterocycles. The number of ether oxygens (including phenoxy) is 2. The van der Waals surface area contributed by atoms with E-state index in [9.17, 15) is 14.7 Å². The molecule has 0 unspecified atom stereocenters. The molecule has 8 heteroatoms. The summed E-state index contributed by atoms with van der Waals surface area (Å²) < 4.78 is 17.6. The van der Waals surface area contributed by atoms with Crippen LogP contribution in [0.4, 0.5) is 4.79 Å². The van der Waals surface area contributed by atoms with Gasteiger partial charge >= 0.3 is 12.1 Å². The molecule has 0 spiro atoms. The van der Waals surface area contributed by atoms with Crippen LogP contribution in [0.25, 0.3) is 0 Å². The second-order valence-corrected chi connectivity index (χ2v) is 15.3. The number of carbonyl (C=O) groups excluding carboxylic acids is 2. The first-order valence-corrected chi connectivity index (χ1v) is 13.9. The molecule has 1 aliphatic heterocycles. The number of aliphatic hydroxyl groups is 1. The number of benzene rings is 2. The molecule has 3 rings (SSSR count). The number of nitrogens with one attached hydrogen (secondary N) is 1. The second-order valence-electron chi connectivity index (χ2n) is 10.9. The predicted octanol–water partition coefficient (Wildman–Crippen LogP) is 3.13. The molecule has 2 N–H and O–H groups in total. The van der Waals surface area contributed by atoms with Crippen LogP contribution in [-0.2, 0) is 18.7 Å². The third-order valence-corrected chi connectivity index (χ3v) is 11.1. The number of carbonyl (C=O) groups is 2. The number of hydrogen-bond acceptors (Lipinski definition) is 6. The summed E-state index contributed by atoms with van der Waals surface area (Å²) in [5.41, 5.74) is -0.698.